The molecule has 4 nitrogen and oxygen atoms in total. The zero-order chi connectivity index (χ0) is 14.8. The fourth-order valence-corrected chi connectivity index (χ4v) is 3.55. The second-order valence-electron chi connectivity index (χ2n) is 5.50. The average Bonchev–Trinajstić information content (AvgIpc) is 3.17. The Balaban J connectivity index is 2.01. The van der Waals surface area contributed by atoms with Gasteiger partial charge in [0, 0.05) is 12.1 Å². The number of benzene rings is 1. The molecule has 110 valence electrons. The lowest BCUT2D eigenvalue weighted by atomic mass is 10.1. The number of sulfonamides is 1. The van der Waals surface area contributed by atoms with Gasteiger partial charge in [0.15, 0.2) is 0 Å². The smallest absolute Gasteiger partial charge is 0.215 e. The summed E-state index contributed by atoms with van der Waals surface area (Å²) in [5.74, 6) is -0.0384. The highest BCUT2D eigenvalue weighted by Gasteiger charge is 2.41. The van der Waals surface area contributed by atoms with Crippen molar-refractivity contribution in [2.24, 2.45) is 11.1 Å². The highest BCUT2D eigenvalue weighted by Crippen LogP contribution is 2.47. The predicted octanol–water partition coefficient (Wildman–Crippen LogP) is 1.93. The monoisotopic (exact) mass is 312 g/mol. The first kappa shape index (κ1) is 15.4. The molecule has 0 heterocycles. The summed E-state index contributed by atoms with van der Waals surface area (Å²) in [5.41, 5.74) is 7.15. The quantitative estimate of drug-likeness (QED) is 0.755. The van der Waals surface area contributed by atoms with Gasteiger partial charge in [-0.15, -0.1) is 0 Å². The van der Waals surface area contributed by atoms with Gasteiger partial charge < -0.3 is 5.73 Å². The summed E-state index contributed by atoms with van der Waals surface area (Å²) in [5, 5.41) is 0. The third-order valence-electron chi connectivity index (χ3n) is 3.94. The van der Waals surface area contributed by atoms with E-state index < -0.39 is 10.0 Å². The van der Waals surface area contributed by atoms with Crippen molar-refractivity contribution in [1.82, 2.24) is 4.72 Å². The molecule has 0 saturated heterocycles. The molecule has 0 spiro atoms. The number of thiocarbonyl (C=S) groups is 1. The summed E-state index contributed by atoms with van der Waals surface area (Å²) in [6.07, 6.45) is 3.25. The minimum absolute atomic E-state index is 0.0384. The minimum Gasteiger partial charge on any atom is -0.389 e. The highest BCUT2D eigenvalue weighted by molar-refractivity contribution is 7.88. The Morgan fingerprint density at radius 2 is 2.15 bits per heavy atom. The predicted molar refractivity (Wildman–Crippen MR) is 84.9 cm³/mol. The van der Waals surface area contributed by atoms with Crippen molar-refractivity contribution < 1.29 is 8.42 Å². The summed E-state index contributed by atoms with van der Waals surface area (Å²) >= 11 is 4.90. The molecule has 1 aliphatic rings. The van der Waals surface area contributed by atoms with Gasteiger partial charge in [-0.25, -0.2) is 13.1 Å². The van der Waals surface area contributed by atoms with E-state index >= 15 is 0 Å². The molecule has 0 unspecified atom stereocenters. The van der Waals surface area contributed by atoms with Crippen molar-refractivity contribution in [1.29, 1.82) is 0 Å². The van der Waals surface area contributed by atoms with Crippen molar-refractivity contribution in [2.75, 3.05) is 6.54 Å². The van der Waals surface area contributed by atoms with Crippen LogP contribution in [-0.2, 0) is 15.8 Å². The molecule has 0 bridgehead atoms. The fourth-order valence-electron chi connectivity index (χ4n) is 2.18. The molecule has 2 rings (SSSR count). The van der Waals surface area contributed by atoms with Crippen molar-refractivity contribution >= 4 is 27.2 Å². The van der Waals surface area contributed by atoms with Crippen molar-refractivity contribution in [2.45, 2.75) is 31.9 Å². The highest BCUT2D eigenvalue weighted by atomic mass is 32.2. The van der Waals surface area contributed by atoms with Crippen LogP contribution in [0.5, 0.6) is 0 Å². The Labute approximate surface area is 125 Å². The van der Waals surface area contributed by atoms with E-state index in [2.05, 4.69) is 11.6 Å². The third kappa shape index (κ3) is 4.01. The molecule has 1 aromatic rings. The Morgan fingerprint density at radius 3 is 2.70 bits per heavy atom. The van der Waals surface area contributed by atoms with Gasteiger partial charge in [0.05, 0.1) is 5.75 Å². The van der Waals surface area contributed by atoms with E-state index in [1.807, 2.05) is 0 Å². The number of nitrogens with one attached hydrogen (secondary N) is 1. The molecule has 0 aromatic heterocycles. The summed E-state index contributed by atoms with van der Waals surface area (Å²) in [6, 6.07) is 7.05. The van der Waals surface area contributed by atoms with Gasteiger partial charge in [0.25, 0.3) is 0 Å². The molecule has 6 heteroatoms. The average molecular weight is 312 g/mol. The lowest BCUT2D eigenvalue weighted by Crippen LogP contribution is -2.31. The van der Waals surface area contributed by atoms with E-state index in [-0.39, 0.29) is 16.2 Å². The lowest BCUT2D eigenvalue weighted by molar-refractivity contribution is 0.475. The van der Waals surface area contributed by atoms with Crippen LogP contribution in [0.25, 0.3) is 0 Å². The second-order valence-corrected chi connectivity index (χ2v) is 7.75. The largest absolute Gasteiger partial charge is 0.389 e. The van der Waals surface area contributed by atoms with Crippen LogP contribution >= 0.6 is 12.2 Å². The van der Waals surface area contributed by atoms with Crippen LogP contribution in [0, 0.1) is 5.41 Å². The number of rotatable bonds is 7. The van der Waals surface area contributed by atoms with Gasteiger partial charge >= 0.3 is 0 Å². The number of hydrogen-bond donors (Lipinski definition) is 2. The lowest BCUT2D eigenvalue weighted by Gasteiger charge is -2.14. The zero-order valence-electron chi connectivity index (χ0n) is 11.6. The fraction of sp³-hybridized carbons (Fsp3) is 0.500. The van der Waals surface area contributed by atoms with Crippen LogP contribution in [0.4, 0.5) is 0 Å². The van der Waals surface area contributed by atoms with E-state index in [1.54, 1.807) is 24.3 Å². The van der Waals surface area contributed by atoms with Crippen LogP contribution in [0.3, 0.4) is 0 Å². The van der Waals surface area contributed by atoms with Crippen LogP contribution in [0.15, 0.2) is 24.3 Å². The molecule has 0 radical (unpaired) electrons. The van der Waals surface area contributed by atoms with E-state index in [4.69, 9.17) is 18.0 Å². The molecule has 0 aliphatic heterocycles. The van der Waals surface area contributed by atoms with Crippen LogP contribution in [-0.4, -0.2) is 20.0 Å². The molecule has 3 N–H and O–H groups in total. The maximum atomic E-state index is 12.1. The summed E-state index contributed by atoms with van der Waals surface area (Å²) < 4.78 is 26.9. The minimum atomic E-state index is -3.31. The van der Waals surface area contributed by atoms with Gasteiger partial charge in [-0.1, -0.05) is 37.3 Å². The van der Waals surface area contributed by atoms with Crippen molar-refractivity contribution in [3.05, 3.63) is 35.4 Å². The van der Waals surface area contributed by atoms with Crippen LogP contribution in [0.2, 0.25) is 0 Å². The zero-order valence-corrected chi connectivity index (χ0v) is 13.2. The van der Waals surface area contributed by atoms with Crippen LogP contribution < -0.4 is 10.5 Å². The van der Waals surface area contributed by atoms with E-state index in [1.165, 1.54) is 0 Å². The Bertz CT molecular complexity index is 607. The first-order valence-corrected chi connectivity index (χ1v) is 8.78. The van der Waals surface area contributed by atoms with Gasteiger partial charge in [-0.3, -0.25) is 0 Å². The van der Waals surface area contributed by atoms with Gasteiger partial charge in [0.1, 0.15) is 4.99 Å². The summed E-state index contributed by atoms with van der Waals surface area (Å²) in [4.78, 5) is 0.278. The SMILES string of the molecule is CCC1(CNS(=O)(=O)Cc2cccc(C(N)=S)c2)CC1. The topological polar surface area (TPSA) is 72.2 Å². The van der Waals surface area contributed by atoms with Crippen molar-refractivity contribution in [3.8, 4) is 0 Å². The molecule has 20 heavy (non-hydrogen) atoms. The standard InChI is InChI=1S/C14H20N2O2S2/c1-2-14(6-7-14)10-16-20(17,18)9-11-4-3-5-12(8-11)13(15)19/h3-5,8,16H,2,6-7,9-10H2,1H3,(H2,15,19). The Kier molecular flexibility index (Phi) is 4.46. The molecule has 0 atom stereocenters. The molecular formula is C14H20N2O2S2. The first-order chi connectivity index (χ1) is 9.36. The van der Waals surface area contributed by atoms with Gasteiger partial charge in [0.2, 0.25) is 10.0 Å². The van der Waals surface area contributed by atoms with Gasteiger partial charge in [-0.2, -0.15) is 0 Å². The van der Waals surface area contributed by atoms with Crippen molar-refractivity contribution in [3.63, 3.8) is 0 Å². The maximum absolute atomic E-state index is 12.1. The van der Waals surface area contributed by atoms with E-state index in [0.29, 0.717) is 17.7 Å². The maximum Gasteiger partial charge on any atom is 0.215 e. The van der Waals surface area contributed by atoms with E-state index in [0.717, 1.165) is 19.3 Å². The van der Waals surface area contributed by atoms with Crippen LogP contribution in [0.1, 0.15) is 37.3 Å². The van der Waals surface area contributed by atoms with Gasteiger partial charge in [-0.05, 0) is 36.3 Å². The second kappa shape index (κ2) is 5.79. The first-order valence-electron chi connectivity index (χ1n) is 6.72. The summed E-state index contributed by atoms with van der Waals surface area (Å²) in [7, 11) is -3.31. The van der Waals surface area contributed by atoms with E-state index in [9.17, 15) is 8.42 Å². The Hall–Kier alpha value is -0.980. The third-order valence-corrected chi connectivity index (χ3v) is 5.48. The molecule has 1 aliphatic carbocycles. The molecule has 1 aromatic carbocycles. The molecular weight excluding hydrogens is 292 g/mol. The number of hydrogen-bond acceptors (Lipinski definition) is 3. The Morgan fingerprint density at radius 1 is 1.45 bits per heavy atom. The molecule has 1 saturated carbocycles. The number of nitrogens with two attached hydrogens (primary N) is 1. The summed E-state index contributed by atoms with van der Waals surface area (Å²) in [6.45, 7) is 2.65. The molecule has 1 fully saturated rings. The normalized spacial score (nSPS) is 16.9. The molecule has 0 amide bonds.